The van der Waals surface area contributed by atoms with Gasteiger partial charge >= 0.3 is 5.97 Å². The van der Waals surface area contributed by atoms with Crippen LogP contribution in [0.1, 0.15) is 87.8 Å². The van der Waals surface area contributed by atoms with Gasteiger partial charge in [-0.3, -0.25) is 4.79 Å². The van der Waals surface area contributed by atoms with Crippen LogP contribution in [-0.2, 0) is 17.6 Å². The summed E-state index contributed by atoms with van der Waals surface area (Å²) in [6.07, 6.45) is 14.2. The van der Waals surface area contributed by atoms with Crippen LogP contribution < -0.4 is 4.74 Å². The summed E-state index contributed by atoms with van der Waals surface area (Å²) in [6, 6.07) is 11.5. The molecule has 0 aromatic heterocycles. The Morgan fingerprint density at radius 1 is 0.871 bits per heavy atom. The maximum Gasteiger partial charge on any atom is 0.307 e. The molecule has 0 atom stereocenters. The fraction of sp³-hybridized carbons (Fsp3) is 0.519. The lowest BCUT2D eigenvalue weighted by atomic mass is 10.0. The zero-order chi connectivity index (χ0) is 22.5. The average molecular weight is 445 g/mol. The van der Waals surface area contributed by atoms with Gasteiger partial charge in [0.25, 0.3) is 0 Å². The van der Waals surface area contributed by atoms with Gasteiger partial charge in [-0.05, 0) is 43.5 Å². The molecule has 2 rings (SSSR count). The number of aryl methyl sites for hydroxylation is 2. The van der Waals surface area contributed by atoms with Crippen molar-refractivity contribution >= 4 is 17.6 Å². The highest BCUT2D eigenvalue weighted by atomic mass is 35.5. The van der Waals surface area contributed by atoms with Crippen molar-refractivity contribution in [3.05, 3.63) is 58.1 Å². The van der Waals surface area contributed by atoms with Crippen LogP contribution in [0.25, 0.3) is 0 Å². The van der Waals surface area contributed by atoms with E-state index in [0.717, 1.165) is 12.0 Å². The molecule has 0 saturated heterocycles. The fourth-order valence-electron chi connectivity index (χ4n) is 3.83. The summed E-state index contributed by atoms with van der Waals surface area (Å²) in [5.74, 6) is 0.217. The minimum absolute atomic E-state index is 0.0779. The SMILES string of the molecule is CCCCCCCCCCCCc1ccc(Oc2ccc(C)cc2CC(=O)O)c(Cl)c1. The van der Waals surface area contributed by atoms with Crippen molar-refractivity contribution < 1.29 is 14.6 Å². The summed E-state index contributed by atoms with van der Waals surface area (Å²) in [4.78, 5) is 11.2. The number of hydrogen-bond acceptors (Lipinski definition) is 2. The number of ether oxygens (including phenoxy) is 1. The van der Waals surface area contributed by atoms with Gasteiger partial charge in [0.15, 0.2) is 0 Å². The molecule has 0 aliphatic heterocycles. The van der Waals surface area contributed by atoms with Crippen LogP contribution >= 0.6 is 11.6 Å². The zero-order valence-corrected chi connectivity index (χ0v) is 19.8. The van der Waals surface area contributed by atoms with Crippen LogP contribution in [0, 0.1) is 6.92 Å². The fourth-order valence-corrected chi connectivity index (χ4v) is 4.07. The minimum atomic E-state index is -0.881. The predicted molar refractivity (Wildman–Crippen MR) is 130 cm³/mol. The maximum absolute atomic E-state index is 11.2. The third kappa shape index (κ3) is 9.78. The Morgan fingerprint density at radius 3 is 2.10 bits per heavy atom. The van der Waals surface area contributed by atoms with Gasteiger partial charge in [-0.2, -0.15) is 0 Å². The van der Waals surface area contributed by atoms with Gasteiger partial charge in [0.2, 0.25) is 0 Å². The monoisotopic (exact) mass is 444 g/mol. The van der Waals surface area contributed by atoms with E-state index in [9.17, 15) is 4.79 Å². The van der Waals surface area contributed by atoms with E-state index in [1.54, 1.807) is 0 Å². The molecule has 170 valence electrons. The first kappa shape index (κ1) is 25.3. The number of carbonyl (C=O) groups is 1. The van der Waals surface area contributed by atoms with Crippen molar-refractivity contribution in [2.75, 3.05) is 0 Å². The summed E-state index contributed by atoms with van der Waals surface area (Å²) in [5, 5.41) is 9.71. The second kappa shape index (κ2) is 14.1. The van der Waals surface area contributed by atoms with Crippen molar-refractivity contribution in [3.8, 4) is 11.5 Å². The number of unbranched alkanes of at least 4 members (excludes halogenated alkanes) is 9. The predicted octanol–water partition coefficient (Wildman–Crippen LogP) is 8.53. The second-order valence-electron chi connectivity index (χ2n) is 8.48. The van der Waals surface area contributed by atoms with Gasteiger partial charge < -0.3 is 9.84 Å². The third-order valence-corrected chi connectivity index (χ3v) is 5.89. The van der Waals surface area contributed by atoms with Gasteiger partial charge in [-0.25, -0.2) is 0 Å². The number of carboxylic acids is 1. The van der Waals surface area contributed by atoms with Gasteiger partial charge in [0.1, 0.15) is 11.5 Å². The molecule has 0 spiro atoms. The van der Waals surface area contributed by atoms with Crippen molar-refractivity contribution in [2.24, 2.45) is 0 Å². The number of benzene rings is 2. The molecule has 3 nitrogen and oxygen atoms in total. The summed E-state index contributed by atoms with van der Waals surface area (Å²) in [5.41, 5.74) is 2.87. The number of rotatable bonds is 15. The molecule has 2 aromatic carbocycles. The lowest BCUT2D eigenvalue weighted by molar-refractivity contribution is -0.136. The molecule has 31 heavy (non-hydrogen) atoms. The standard InChI is InChI=1S/C27H37ClO3/c1-3-4-5-6-7-8-9-10-11-12-13-22-15-17-26(24(28)19-22)31-25-16-14-21(2)18-23(25)20-27(29)30/h14-19H,3-13,20H2,1-2H3,(H,29,30). The molecule has 1 N–H and O–H groups in total. The molecule has 0 aliphatic carbocycles. The highest BCUT2D eigenvalue weighted by Crippen LogP contribution is 2.33. The lowest BCUT2D eigenvalue weighted by Crippen LogP contribution is -2.02. The average Bonchev–Trinajstić information content (AvgIpc) is 2.72. The Balaban J connectivity index is 1.78. The van der Waals surface area contributed by atoms with Gasteiger partial charge in [0.05, 0.1) is 11.4 Å². The van der Waals surface area contributed by atoms with E-state index in [-0.39, 0.29) is 6.42 Å². The first-order chi connectivity index (χ1) is 15.0. The number of hydrogen-bond donors (Lipinski definition) is 1. The highest BCUT2D eigenvalue weighted by molar-refractivity contribution is 6.32. The Labute approximate surface area is 192 Å². The Morgan fingerprint density at radius 2 is 1.48 bits per heavy atom. The quantitative estimate of drug-likeness (QED) is 0.280. The van der Waals surface area contributed by atoms with Crippen molar-refractivity contribution in [1.29, 1.82) is 0 Å². The summed E-state index contributed by atoms with van der Waals surface area (Å²) in [7, 11) is 0. The van der Waals surface area contributed by atoms with Gasteiger partial charge in [0, 0.05) is 5.56 Å². The zero-order valence-electron chi connectivity index (χ0n) is 19.1. The molecule has 0 unspecified atom stereocenters. The molecule has 0 saturated carbocycles. The molecular formula is C27H37ClO3. The Kier molecular flexibility index (Phi) is 11.5. The van der Waals surface area contributed by atoms with Crippen LogP contribution in [0.4, 0.5) is 0 Å². The first-order valence-electron chi connectivity index (χ1n) is 11.8. The molecular weight excluding hydrogens is 408 g/mol. The molecule has 0 bridgehead atoms. The molecule has 0 heterocycles. The van der Waals surface area contributed by atoms with Crippen molar-refractivity contribution in [2.45, 2.75) is 90.9 Å². The van der Waals surface area contributed by atoms with Crippen LogP contribution in [0.3, 0.4) is 0 Å². The van der Waals surface area contributed by atoms with Crippen molar-refractivity contribution in [1.82, 2.24) is 0 Å². The molecule has 0 aliphatic rings. The number of halogens is 1. The second-order valence-corrected chi connectivity index (χ2v) is 8.89. The lowest BCUT2D eigenvalue weighted by Gasteiger charge is -2.13. The topological polar surface area (TPSA) is 46.5 Å². The van der Waals surface area contributed by atoms with Gasteiger partial charge in [-0.1, -0.05) is 100 Å². The molecule has 2 aromatic rings. The number of aliphatic carboxylic acids is 1. The van der Waals surface area contributed by atoms with E-state index in [4.69, 9.17) is 21.4 Å². The summed E-state index contributed by atoms with van der Waals surface area (Å²) in [6.45, 7) is 4.19. The van der Waals surface area contributed by atoms with E-state index in [1.807, 2.05) is 37.3 Å². The van der Waals surface area contributed by atoms with E-state index < -0.39 is 5.97 Å². The first-order valence-corrected chi connectivity index (χ1v) is 12.1. The van der Waals surface area contributed by atoms with Crippen molar-refractivity contribution in [3.63, 3.8) is 0 Å². The molecule has 0 fully saturated rings. The normalized spacial score (nSPS) is 10.9. The van der Waals surface area contributed by atoms with E-state index in [1.165, 1.54) is 69.8 Å². The Bertz CT molecular complexity index is 816. The molecule has 4 heteroatoms. The van der Waals surface area contributed by atoms with Gasteiger partial charge in [-0.15, -0.1) is 0 Å². The molecule has 0 radical (unpaired) electrons. The third-order valence-electron chi connectivity index (χ3n) is 5.59. The maximum atomic E-state index is 11.2. The summed E-state index contributed by atoms with van der Waals surface area (Å²) < 4.78 is 5.96. The molecule has 0 amide bonds. The van der Waals surface area contributed by atoms with Crippen LogP contribution in [-0.4, -0.2) is 11.1 Å². The van der Waals surface area contributed by atoms with Crippen LogP contribution in [0.2, 0.25) is 5.02 Å². The van der Waals surface area contributed by atoms with E-state index >= 15 is 0 Å². The largest absolute Gasteiger partial charge is 0.481 e. The van der Waals surface area contributed by atoms with E-state index in [0.29, 0.717) is 22.1 Å². The number of carboxylic acid groups (broad SMARTS) is 1. The highest BCUT2D eigenvalue weighted by Gasteiger charge is 2.11. The van der Waals surface area contributed by atoms with Crippen LogP contribution in [0.5, 0.6) is 11.5 Å². The minimum Gasteiger partial charge on any atom is -0.481 e. The van der Waals surface area contributed by atoms with Crippen LogP contribution in [0.15, 0.2) is 36.4 Å². The Hall–Kier alpha value is -2.00. The smallest absolute Gasteiger partial charge is 0.307 e. The van der Waals surface area contributed by atoms with E-state index in [2.05, 4.69) is 13.0 Å². The summed E-state index contributed by atoms with van der Waals surface area (Å²) >= 11 is 6.46.